The summed E-state index contributed by atoms with van der Waals surface area (Å²) in [5.74, 6) is 0.815. The minimum atomic E-state index is -0.392. The predicted molar refractivity (Wildman–Crippen MR) is 85.3 cm³/mol. The lowest BCUT2D eigenvalue weighted by atomic mass is 10.1. The molecule has 0 amide bonds. The Hall–Kier alpha value is -2.43. The van der Waals surface area contributed by atoms with Crippen LogP contribution in [0.25, 0.3) is 11.3 Å². The third kappa shape index (κ3) is 3.42. The molecule has 0 unspecified atom stereocenters. The number of Topliss-reactive ketones (excluding diaryl/α,β-unsaturated/α-hetero) is 1. The minimum absolute atomic E-state index is 0.131. The Morgan fingerprint density at radius 2 is 2.00 bits per heavy atom. The standard InChI is InChI=1S/C17H20N2O3/c1-11(2)10-22-16-8-6-5-7-13(16)15-9-14(12(3)20)17(21)19(4)18-15/h5-9,11H,10H2,1-4H3. The molecule has 0 bridgehead atoms. The highest BCUT2D eigenvalue weighted by Gasteiger charge is 2.14. The second kappa shape index (κ2) is 6.56. The van der Waals surface area contributed by atoms with E-state index in [0.29, 0.717) is 24.0 Å². The number of nitrogens with zero attached hydrogens (tertiary/aromatic N) is 2. The zero-order valence-electron chi connectivity index (χ0n) is 13.3. The fraction of sp³-hybridized carbons (Fsp3) is 0.353. The summed E-state index contributed by atoms with van der Waals surface area (Å²) in [5, 5.41) is 4.25. The Labute approximate surface area is 129 Å². The molecule has 0 N–H and O–H groups in total. The van der Waals surface area contributed by atoms with E-state index < -0.39 is 5.56 Å². The Bertz CT molecular complexity index is 748. The number of benzene rings is 1. The number of rotatable bonds is 5. The van der Waals surface area contributed by atoms with Gasteiger partial charge >= 0.3 is 0 Å². The van der Waals surface area contributed by atoms with Crippen LogP contribution < -0.4 is 10.3 Å². The monoisotopic (exact) mass is 300 g/mol. The second-order valence-electron chi connectivity index (χ2n) is 5.63. The summed E-state index contributed by atoms with van der Waals surface area (Å²) in [6.45, 7) is 6.10. The smallest absolute Gasteiger partial charge is 0.277 e. The molecule has 1 aromatic heterocycles. The van der Waals surface area contributed by atoms with Gasteiger partial charge in [0, 0.05) is 12.6 Å². The van der Waals surface area contributed by atoms with Crippen LogP contribution in [0.4, 0.5) is 0 Å². The lowest BCUT2D eigenvalue weighted by Gasteiger charge is -2.13. The summed E-state index contributed by atoms with van der Waals surface area (Å²) in [4.78, 5) is 23.6. The lowest BCUT2D eigenvalue weighted by Crippen LogP contribution is -2.25. The Morgan fingerprint density at radius 1 is 1.32 bits per heavy atom. The maximum atomic E-state index is 11.9. The molecule has 116 valence electrons. The van der Waals surface area contributed by atoms with Crippen molar-refractivity contribution < 1.29 is 9.53 Å². The number of ether oxygens (including phenoxy) is 1. The van der Waals surface area contributed by atoms with Crippen molar-refractivity contribution in [3.63, 3.8) is 0 Å². The van der Waals surface area contributed by atoms with Crippen molar-refractivity contribution in [2.75, 3.05) is 6.61 Å². The molecule has 1 heterocycles. The molecule has 0 saturated carbocycles. The van der Waals surface area contributed by atoms with Gasteiger partial charge < -0.3 is 4.74 Å². The van der Waals surface area contributed by atoms with Gasteiger partial charge in [0.1, 0.15) is 5.75 Å². The maximum Gasteiger partial charge on any atom is 0.277 e. The zero-order valence-corrected chi connectivity index (χ0v) is 13.3. The van der Waals surface area contributed by atoms with E-state index in [0.717, 1.165) is 5.56 Å². The van der Waals surface area contributed by atoms with Crippen molar-refractivity contribution in [3.05, 3.63) is 46.2 Å². The van der Waals surface area contributed by atoms with Crippen molar-refractivity contribution in [2.24, 2.45) is 13.0 Å². The van der Waals surface area contributed by atoms with E-state index in [4.69, 9.17) is 4.74 Å². The number of hydrogen-bond donors (Lipinski definition) is 0. The van der Waals surface area contributed by atoms with Crippen molar-refractivity contribution in [3.8, 4) is 17.0 Å². The Kier molecular flexibility index (Phi) is 4.75. The molecular formula is C17H20N2O3. The molecule has 1 aromatic carbocycles. The first-order valence-corrected chi connectivity index (χ1v) is 7.21. The molecule has 0 radical (unpaired) electrons. The number of aromatic nitrogens is 2. The summed E-state index contributed by atoms with van der Waals surface area (Å²) in [5.41, 5.74) is 1.05. The summed E-state index contributed by atoms with van der Waals surface area (Å²) in [6, 6.07) is 9.01. The van der Waals surface area contributed by atoms with Crippen LogP contribution in [0.1, 0.15) is 31.1 Å². The van der Waals surface area contributed by atoms with E-state index in [-0.39, 0.29) is 11.3 Å². The molecule has 0 aliphatic heterocycles. The first-order chi connectivity index (χ1) is 10.4. The molecule has 2 rings (SSSR count). The molecule has 0 spiro atoms. The maximum absolute atomic E-state index is 11.9. The number of para-hydroxylation sites is 1. The molecule has 22 heavy (non-hydrogen) atoms. The van der Waals surface area contributed by atoms with Gasteiger partial charge in [0.2, 0.25) is 0 Å². The molecular weight excluding hydrogens is 280 g/mol. The molecule has 5 nitrogen and oxygen atoms in total. The topological polar surface area (TPSA) is 61.2 Å². The molecule has 2 aromatic rings. The van der Waals surface area contributed by atoms with Gasteiger partial charge in [0.25, 0.3) is 5.56 Å². The highest BCUT2D eigenvalue weighted by atomic mass is 16.5. The fourth-order valence-electron chi connectivity index (χ4n) is 2.05. The van der Waals surface area contributed by atoms with E-state index >= 15 is 0 Å². The quantitative estimate of drug-likeness (QED) is 0.797. The SMILES string of the molecule is CC(=O)c1cc(-c2ccccc2OCC(C)C)nn(C)c1=O. The highest BCUT2D eigenvalue weighted by Crippen LogP contribution is 2.28. The summed E-state index contributed by atoms with van der Waals surface area (Å²) in [6.07, 6.45) is 0. The predicted octanol–water partition coefficient (Wildman–Crippen LogP) is 2.68. The van der Waals surface area contributed by atoms with Gasteiger partial charge in [-0.05, 0) is 31.0 Å². The van der Waals surface area contributed by atoms with Crippen molar-refractivity contribution in [2.45, 2.75) is 20.8 Å². The van der Waals surface area contributed by atoms with E-state index in [1.807, 2.05) is 24.3 Å². The van der Waals surface area contributed by atoms with Crippen molar-refractivity contribution in [1.29, 1.82) is 0 Å². The molecule has 0 atom stereocenters. The average Bonchev–Trinajstić information content (AvgIpc) is 2.47. The third-order valence-electron chi connectivity index (χ3n) is 3.18. The summed E-state index contributed by atoms with van der Waals surface area (Å²) in [7, 11) is 1.54. The first kappa shape index (κ1) is 15.9. The van der Waals surface area contributed by atoms with Crippen LogP contribution in [0.15, 0.2) is 35.1 Å². The molecule has 0 saturated heterocycles. The van der Waals surface area contributed by atoms with Crippen LogP contribution in [-0.4, -0.2) is 22.2 Å². The van der Waals surface area contributed by atoms with Gasteiger partial charge in [-0.15, -0.1) is 0 Å². The third-order valence-corrected chi connectivity index (χ3v) is 3.18. The molecule has 0 fully saturated rings. The number of aryl methyl sites for hydroxylation is 1. The van der Waals surface area contributed by atoms with Crippen LogP contribution in [0.2, 0.25) is 0 Å². The highest BCUT2D eigenvalue weighted by molar-refractivity contribution is 5.94. The summed E-state index contributed by atoms with van der Waals surface area (Å²) < 4.78 is 7.00. The Morgan fingerprint density at radius 3 is 2.64 bits per heavy atom. The number of carbonyl (C=O) groups is 1. The van der Waals surface area contributed by atoms with Gasteiger partial charge in [-0.3, -0.25) is 9.59 Å². The van der Waals surface area contributed by atoms with Crippen molar-refractivity contribution >= 4 is 5.78 Å². The normalized spacial score (nSPS) is 10.8. The van der Waals surface area contributed by atoms with Crippen LogP contribution in [0.3, 0.4) is 0 Å². The number of hydrogen-bond acceptors (Lipinski definition) is 4. The van der Waals surface area contributed by atoms with E-state index in [2.05, 4.69) is 18.9 Å². The van der Waals surface area contributed by atoms with E-state index in [1.165, 1.54) is 24.7 Å². The zero-order chi connectivity index (χ0) is 16.3. The number of carbonyl (C=O) groups excluding carboxylic acids is 1. The largest absolute Gasteiger partial charge is 0.493 e. The molecule has 5 heteroatoms. The lowest BCUT2D eigenvalue weighted by molar-refractivity contribution is 0.101. The minimum Gasteiger partial charge on any atom is -0.493 e. The molecule has 0 aliphatic rings. The van der Waals surface area contributed by atoms with E-state index in [9.17, 15) is 9.59 Å². The van der Waals surface area contributed by atoms with Gasteiger partial charge in [0.15, 0.2) is 5.78 Å². The van der Waals surface area contributed by atoms with Crippen LogP contribution in [0.5, 0.6) is 5.75 Å². The van der Waals surface area contributed by atoms with Gasteiger partial charge in [-0.2, -0.15) is 5.10 Å². The van der Waals surface area contributed by atoms with Gasteiger partial charge in [0.05, 0.1) is 17.9 Å². The van der Waals surface area contributed by atoms with Crippen LogP contribution in [0, 0.1) is 5.92 Å². The molecule has 0 aliphatic carbocycles. The Balaban J connectivity index is 2.53. The van der Waals surface area contributed by atoms with E-state index in [1.54, 1.807) is 0 Å². The van der Waals surface area contributed by atoms with Crippen LogP contribution >= 0.6 is 0 Å². The fourth-order valence-corrected chi connectivity index (χ4v) is 2.05. The van der Waals surface area contributed by atoms with Gasteiger partial charge in [-0.1, -0.05) is 26.0 Å². The van der Waals surface area contributed by atoms with Crippen LogP contribution in [-0.2, 0) is 7.05 Å². The van der Waals surface area contributed by atoms with Gasteiger partial charge in [-0.25, -0.2) is 4.68 Å². The summed E-state index contributed by atoms with van der Waals surface area (Å²) >= 11 is 0. The van der Waals surface area contributed by atoms with Crippen molar-refractivity contribution in [1.82, 2.24) is 9.78 Å². The second-order valence-corrected chi connectivity index (χ2v) is 5.63. The first-order valence-electron chi connectivity index (χ1n) is 7.21. The average molecular weight is 300 g/mol. The number of ketones is 1.